The standard InChI is InChI=1S/C14H24N4/c1-18(2)14(7-3-4-8-14)12(15)10-11-6-5-9-17-13(11)16/h5-6,9,12H,3-4,7-8,10,15H2,1-2H3,(H2,16,17). The van der Waals surface area contributed by atoms with Crippen LogP contribution < -0.4 is 11.5 Å². The fraction of sp³-hybridized carbons (Fsp3) is 0.643. The zero-order valence-corrected chi connectivity index (χ0v) is 11.4. The van der Waals surface area contributed by atoms with Crippen molar-refractivity contribution >= 4 is 5.82 Å². The summed E-state index contributed by atoms with van der Waals surface area (Å²) in [6.07, 6.45) is 7.44. The van der Waals surface area contributed by atoms with E-state index in [0.717, 1.165) is 12.0 Å². The molecule has 1 aromatic heterocycles. The summed E-state index contributed by atoms with van der Waals surface area (Å²) in [4.78, 5) is 6.44. The molecule has 0 aliphatic heterocycles. The van der Waals surface area contributed by atoms with Crippen LogP contribution in [0.4, 0.5) is 5.82 Å². The molecule has 1 aliphatic carbocycles. The van der Waals surface area contributed by atoms with Gasteiger partial charge in [-0.1, -0.05) is 18.9 Å². The summed E-state index contributed by atoms with van der Waals surface area (Å²) in [5.74, 6) is 0.611. The second-order valence-electron chi connectivity index (χ2n) is 5.56. The highest BCUT2D eigenvalue weighted by Crippen LogP contribution is 2.37. The van der Waals surface area contributed by atoms with Gasteiger partial charge in [0.15, 0.2) is 0 Å². The summed E-state index contributed by atoms with van der Waals surface area (Å²) in [6.45, 7) is 0. The lowest BCUT2D eigenvalue weighted by molar-refractivity contribution is 0.123. The largest absolute Gasteiger partial charge is 0.383 e. The predicted molar refractivity (Wildman–Crippen MR) is 75.2 cm³/mol. The number of likely N-dealkylation sites (N-methyl/N-ethyl adjacent to an activating group) is 1. The molecule has 2 rings (SSSR count). The molecule has 100 valence electrons. The van der Waals surface area contributed by atoms with Crippen LogP contribution in [0.25, 0.3) is 0 Å². The van der Waals surface area contributed by atoms with E-state index in [2.05, 4.69) is 24.0 Å². The van der Waals surface area contributed by atoms with E-state index < -0.39 is 0 Å². The van der Waals surface area contributed by atoms with Crippen LogP contribution in [0.2, 0.25) is 0 Å². The molecule has 0 spiro atoms. The highest BCUT2D eigenvalue weighted by molar-refractivity contribution is 5.39. The van der Waals surface area contributed by atoms with Crippen LogP contribution in [0.1, 0.15) is 31.2 Å². The van der Waals surface area contributed by atoms with Gasteiger partial charge in [0.2, 0.25) is 0 Å². The van der Waals surface area contributed by atoms with E-state index >= 15 is 0 Å². The first-order valence-electron chi connectivity index (χ1n) is 6.68. The van der Waals surface area contributed by atoms with E-state index in [-0.39, 0.29) is 11.6 Å². The Kier molecular flexibility index (Phi) is 3.88. The van der Waals surface area contributed by atoms with Crippen LogP contribution in [0, 0.1) is 0 Å². The Labute approximate surface area is 109 Å². The third kappa shape index (κ3) is 2.35. The third-order valence-electron chi connectivity index (χ3n) is 4.42. The number of hydrogen-bond donors (Lipinski definition) is 2. The van der Waals surface area contributed by atoms with Gasteiger partial charge in [-0.2, -0.15) is 0 Å². The number of pyridine rings is 1. The second-order valence-corrected chi connectivity index (χ2v) is 5.56. The molecule has 1 fully saturated rings. The van der Waals surface area contributed by atoms with Crippen molar-refractivity contribution in [2.24, 2.45) is 5.73 Å². The molecule has 0 bridgehead atoms. The molecule has 1 unspecified atom stereocenters. The van der Waals surface area contributed by atoms with Gasteiger partial charge in [-0.15, -0.1) is 0 Å². The maximum atomic E-state index is 6.49. The Hall–Kier alpha value is -1.13. The number of nitrogen functional groups attached to an aromatic ring is 1. The molecule has 1 atom stereocenters. The molecule has 18 heavy (non-hydrogen) atoms. The fourth-order valence-electron chi connectivity index (χ4n) is 3.19. The summed E-state index contributed by atoms with van der Waals surface area (Å²) in [5.41, 5.74) is 13.6. The van der Waals surface area contributed by atoms with Crippen molar-refractivity contribution in [3.63, 3.8) is 0 Å². The molecule has 4 N–H and O–H groups in total. The van der Waals surface area contributed by atoms with Crippen molar-refractivity contribution in [1.82, 2.24) is 9.88 Å². The minimum absolute atomic E-state index is 0.112. The number of hydrogen-bond acceptors (Lipinski definition) is 4. The van der Waals surface area contributed by atoms with Gasteiger partial charge in [-0.3, -0.25) is 0 Å². The predicted octanol–water partition coefficient (Wildman–Crippen LogP) is 1.41. The first-order valence-corrected chi connectivity index (χ1v) is 6.68. The summed E-state index contributed by atoms with van der Waals surface area (Å²) >= 11 is 0. The molecule has 1 aromatic rings. The van der Waals surface area contributed by atoms with Crippen LogP contribution in [0.15, 0.2) is 18.3 Å². The third-order valence-corrected chi connectivity index (χ3v) is 4.42. The van der Waals surface area contributed by atoms with E-state index in [9.17, 15) is 0 Å². The highest BCUT2D eigenvalue weighted by Gasteiger charge is 2.41. The average Bonchev–Trinajstić information content (AvgIpc) is 2.82. The van der Waals surface area contributed by atoms with Gasteiger partial charge < -0.3 is 16.4 Å². The number of aromatic nitrogens is 1. The lowest BCUT2D eigenvalue weighted by Crippen LogP contribution is -2.56. The van der Waals surface area contributed by atoms with E-state index in [1.54, 1.807) is 6.20 Å². The second kappa shape index (κ2) is 5.24. The summed E-state index contributed by atoms with van der Waals surface area (Å²) < 4.78 is 0. The van der Waals surface area contributed by atoms with E-state index in [0.29, 0.717) is 5.82 Å². The number of nitrogens with zero attached hydrogens (tertiary/aromatic N) is 2. The van der Waals surface area contributed by atoms with Crippen LogP contribution >= 0.6 is 0 Å². The molecule has 4 heteroatoms. The molecule has 0 radical (unpaired) electrons. The Bertz CT molecular complexity index is 397. The van der Waals surface area contributed by atoms with Gasteiger partial charge in [0.25, 0.3) is 0 Å². The smallest absolute Gasteiger partial charge is 0.126 e. The van der Waals surface area contributed by atoms with Crippen molar-refractivity contribution < 1.29 is 0 Å². The Balaban J connectivity index is 2.16. The minimum atomic E-state index is 0.112. The van der Waals surface area contributed by atoms with E-state index in [1.807, 2.05) is 12.1 Å². The molecular formula is C14H24N4. The van der Waals surface area contributed by atoms with Crippen molar-refractivity contribution in [2.45, 2.75) is 43.7 Å². The van der Waals surface area contributed by atoms with E-state index in [4.69, 9.17) is 11.5 Å². The van der Waals surface area contributed by atoms with Crippen LogP contribution in [-0.2, 0) is 6.42 Å². The van der Waals surface area contributed by atoms with Crippen LogP contribution in [-0.4, -0.2) is 35.6 Å². The minimum Gasteiger partial charge on any atom is -0.383 e. The molecule has 4 nitrogen and oxygen atoms in total. The number of anilines is 1. The average molecular weight is 248 g/mol. The Morgan fingerprint density at radius 2 is 2.06 bits per heavy atom. The molecule has 1 saturated carbocycles. The van der Waals surface area contributed by atoms with Crippen molar-refractivity contribution in [3.05, 3.63) is 23.9 Å². The van der Waals surface area contributed by atoms with Gasteiger partial charge in [0.05, 0.1) is 0 Å². The molecule has 0 saturated heterocycles. The topological polar surface area (TPSA) is 68.2 Å². The summed E-state index contributed by atoms with van der Waals surface area (Å²) in [7, 11) is 4.27. The lowest BCUT2D eigenvalue weighted by atomic mass is 9.84. The van der Waals surface area contributed by atoms with Crippen LogP contribution in [0.5, 0.6) is 0 Å². The van der Waals surface area contributed by atoms with Crippen LogP contribution in [0.3, 0.4) is 0 Å². The molecule has 1 aliphatic rings. The molecule has 0 aromatic carbocycles. The summed E-state index contributed by atoms with van der Waals surface area (Å²) in [6, 6.07) is 4.07. The Morgan fingerprint density at radius 3 is 2.61 bits per heavy atom. The first-order chi connectivity index (χ1) is 8.56. The maximum absolute atomic E-state index is 6.49. The first kappa shape index (κ1) is 13.3. The molecular weight excluding hydrogens is 224 g/mol. The van der Waals surface area contributed by atoms with Crippen molar-refractivity contribution in [1.29, 1.82) is 0 Å². The quantitative estimate of drug-likeness (QED) is 0.845. The van der Waals surface area contributed by atoms with Gasteiger partial charge in [0.1, 0.15) is 5.82 Å². The van der Waals surface area contributed by atoms with Gasteiger partial charge in [-0.05, 0) is 45.0 Å². The van der Waals surface area contributed by atoms with Crippen molar-refractivity contribution in [3.8, 4) is 0 Å². The normalized spacial score (nSPS) is 20.2. The molecule has 1 heterocycles. The van der Waals surface area contributed by atoms with Gasteiger partial charge >= 0.3 is 0 Å². The summed E-state index contributed by atoms with van der Waals surface area (Å²) in [5, 5.41) is 0. The fourth-order valence-corrected chi connectivity index (χ4v) is 3.19. The zero-order valence-electron chi connectivity index (χ0n) is 11.4. The lowest BCUT2D eigenvalue weighted by Gasteiger charge is -2.41. The van der Waals surface area contributed by atoms with E-state index in [1.165, 1.54) is 25.7 Å². The SMILES string of the molecule is CN(C)C1(C(N)Cc2cccnc2N)CCCC1. The Morgan fingerprint density at radius 1 is 1.39 bits per heavy atom. The maximum Gasteiger partial charge on any atom is 0.126 e. The van der Waals surface area contributed by atoms with Gasteiger partial charge in [0, 0.05) is 17.8 Å². The van der Waals surface area contributed by atoms with Crippen molar-refractivity contribution in [2.75, 3.05) is 19.8 Å². The van der Waals surface area contributed by atoms with Gasteiger partial charge in [-0.25, -0.2) is 4.98 Å². The monoisotopic (exact) mass is 248 g/mol. The number of rotatable bonds is 4. The molecule has 0 amide bonds. The highest BCUT2D eigenvalue weighted by atomic mass is 15.2. The zero-order chi connectivity index (χ0) is 13.2. The number of nitrogens with two attached hydrogens (primary N) is 2.